The molecule has 0 atom stereocenters. The van der Waals surface area contributed by atoms with Crippen LogP contribution in [-0.4, -0.2) is 51.9 Å². The van der Waals surface area contributed by atoms with Gasteiger partial charge in [0.1, 0.15) is 0 Å². The summed E-state index contributed by atoms with van der Waals surface area (Å²) < 4.78 is 168. The molecular formula is C13H6F13NO3. The average Bonchev–Trinajstić information content (AvgIpc) is 2.57. The van der Waals surface area contributed by atoms with Crippen LogP contribution >= 0.6 is 0 Å². The molecule has 0 heterocycles. The van der Waals surface area contributed by atoms with Gasteiger partial charge in [-0.05, 0) is 12.1 Å². The Morgan fingerprint density at radius 3 is 1.57 bits per heavy atom. The summed E-state index contributed by atoms with van der Waals surface area (Å²) in [6.45, 7) is 0. The van der Waals surface area contributed by atoms with E-state index in [4.69, 9.17) is 5.11 Å². The van der Waals surface area contributed by atoms with Crippen LogP contribution in [0.15, 0.2) is 18.2 Å². The second kappa shape index (κ2) is 6.97. The van der Waals surface area contributed by atoms with Crippen LogP contribution in [-0.2, 0) is 4.79 Å². The Hall–Kier alpha value is -2.62. The van der Waals surface area contributed by atoms with E-state index in [1.165, 1.54) is 0 Å². The molecule has 0 saturated heterocycles. The van der Waals surface area contributed by atoms with Gasteiger partial charge < -0.3 is 15.5 Å². The number of aromatic hydroxyl groups is 2. The van der Waals surface area contributed by atoms with E-state index >= 15 is 0 Å². The molecule has 1 rings (SSSR count). The highest BCUT2D eigenvalue weighted by atomic mass is 19.4. The highest BCUT2D eigenvalue weighted by molar-refractivity contribution is 5.98. The highest BCUT2D eigenvalue weighted by Crippen LogP contribution is 2.60. The van der Waals surface area contributed by atoms with Crippen molar-refractivity contribution in [2.45, 2.75) is 35.8 Å². The first kappa shape index (κ1) is 25.4. The Morgan fingerprint density at radius 1 is 0.700 bits per heavy atom. The first-order valence-electron chi connectivity index (χ1n) is 6.85. The van der Waals surface area contributed by atoms with E-state index in [1.54, 1.807) is 0 Å². The molecule has 0 fully saturated rings. The summed E-state index contributed by atoms with van der Waals surface area (Å²) in [6.07, 6.45) is -7.57. The minimum atomic E-state index is -8.14. The molecular weight excluding hydrogens is 465 g/mol. The van der Waals surface area contributed by atoms with Gasteiger partial charge in [-0.25, -0.2) is 0 Å². The van der Waals surface area contributed by atoms with Gasteiger partial charge in [0.05, 0.1) is 5.69 Å². The van der Waals surface area contributed by atoms with Gasteiger partial charge in [0.25, 0.3) is 0 Å². The van der Waals surface area contributed by atoms with Gasteiger partial charge >= 0.3 is 41.7 Å². The fourth-order valence-electron chi connectivity index (χ4n) is 1.75. The number of nitrogens with one attached hydrogen (secondary N) is 1. The van der Waals surface area contributed by atoms with E-state index in [-0.39, 0.29) is 0 Å². The molecule has 4 nitrogen and oxygen atoms in total. The normalized spacial score (nSPS) is 14.6. The van der Waals surface area contributed by atoms with E-state index in [9.17, 15) is 67.0 Å². The third-order valence-electron chi connectivity index (χ3n) is 3.48. The first-order chi connectivity index (χ1) is 13.1. The van der Waals surface area contributed by atoms with Crippen molar-refractivity contribution in [2.75, 3.05) is 5.32 Å². The molecule has 0 aromatic heterocycles. The second-order valence-corrected chi connectivity index (χ2v) is 5.50. The second-order valence-electron chi connectivity index (χ2n) is 5.50. The number of halogens is 13. The summed E-state index contributed by atoms with van der Waals surface area (Å²) in [5.41, 5.74) is -1.36. The molecule has 0 bridgehead atoms. The number of phenols is 2. The molecule has 17 heteroatoms. The first-order valence-corrected chi connectivity index (χ1v) is 6.85. The summed E-state index contributed by atoms with van der Waals surface area (Å²) >= 11 is 0. The number of alkyl halides is 13. The number of carbonyl (C=O) groups excluding carboxylic acids is 1. The zero-order chi connectivity index (χ0) is 24.1. The largest absolute Gasteiger partial charge is 0.504 e. The predicted molar refractivity (Wildman–Crippen MR) is 69.2 cm³/mol. The van der Waals surface area contributed by atoms with Crippen LogP contribution in [0.2, 0.25) is 0 Å². The quantitative estimate of drug-likeness (QED) is 0.414. The van der Waals surface area contributed by atoms with Gasteiger partial charge in [-0.15, -0.1) is 0 Å². The Bertz CT molecular complexity index is 819. The maximum absolute atomic E-state index is 13.6. The molecule has 1 aromatic rings. The van der Waals surface area contributed by atoms with E-state index in [0.29, 0.717) is 23.5 Å². The zero-order valence-electron chi connectivity index (χ0n) is 13.4. The van der Waals surface area contributed by atoms with E-state index < -0.39 is 58.9 Å². The van der Waals surface area contributed by atoms with E-state index in [0.717, 1.165) is 0 Å². The van der Waals surface area contributed by atoms with Gasteiger partial charge in [0.15, 0.2) is 11.5 Å². The highest BCUT2D eigenvalue weighted by Gasteiger charge is 2.91. The number of rotatable bonds is 6. The molecule has 0 unspecified atom stereocenters. The molecule has 30 heavy (non-hydrogen) atoms. The van der Waals surface area contributed by atoms with Crippen molar-refractivity contribution in [3.05, 3.63) is 18.2 Å². The van der Waals surface area contributed by atoms with Crippen LogP contribution in [0.25, 0.3) is 0 Å². The standard InChI is InChI=1S/C13H6F13NO3/c14-8(15,7(30)27-4-2-1-3-5(28)6(4)29)9(16,17)10(18,19)11(20,21)12(22,23)13(24,25)26/h1-3,28-29H,(H,27,30). The van der Waals surface area contributed by atoms with Crippen molar-refractivity contribution >= 4 is 11.6 Å². The van der Waals surface area contributed by atoms with Crippen molar-refractivity contribution in [1.82, 2.24) is 0 Å². The molecule has 0 aliphatic rings. The van der Waals surface area contributed by atoms with Crippen LogP contribution < -0.4 is 5.32 Å². The van der Waals surface area contributed by atoms with Crippen LogP contribution in [0.5, 0.6) is 11.5 Å². The third kappa shape index (κ3) is 3.42. The number of anilines is 1. The third-order valence-corrected chi connectivity index (χ3v) is 3.48. The summed E-state index contributed by atoms with van der Waals surface area (Å²) in [6, 6.07) is 1.73. The Kier molecular flexibility index (Phi) is 5.90. The molecule has 1 amide bonds. The monoisotopic (exact) mass is 471 g/mol. The lowest BCUT2D eigenvalue weighted by Crippen LogP contribution is -2.71. The van der Waals surface area contributed by atoms with Crippen LogP contribution in [0.4, 0.5) is 62.8 Å². The predicted octanol–water partition coefficient (Wildman–Crippen LogP) is 4.78. The van der Waals surface area contributed by atoms with Gasteiger partial charge in [-0.3, -0.25) is 4.79 Å². The maximum Gasteiger partial charge on any atom is 0.460 e. The zero-order valence-corrected chi connectivity index (χ0v) is 13.4. The number of hydrogen-bond acceptors (Lipinski definition) is 3. The SMILES string of the molecule is O=C(Nc1cccc(O)c1O)C(F)(F)C(F)(F)C(F)(F)C(F)(F)C(F)(F)C(F)(F)F. The van der Waals surface area contributed by atoms with Gasteiger partial charge in [0.2, 0.25) is 0 Å². The summed E-state index contributed by atoms with van der Waals surface area (Å²) in [4.78, 5) is 11.2. The molecule has 172 valence electrons. The number of hydrogen-bond donors (Lipinski definition) is 3. The molecule has 3 N–H and O–H groups in total. The topological polar surface area (TPSA) is 69.6 Å². The lowest BCUT2D eigenvalue weighted by atomic mass is 9.93. The van der Waals surface area contributed by atoms with Gasteiger partial charge in [0, 0.05) is 0 Å². The van der Waals surface area contributed by atoms with Crippen molar-refractivity contribution in [3.8, 4) is 11.5 Å². The maximum atomic E-state index is 13.6. The van der Waals surface area contributed by atoms with Crippen LogP contribution in [0.3, 0.4) is 0 Å². The van der Waals surface area contributed by atoms with Crippen LogP contribution in [0, 0.1) is 0 Å². The number of benzene rings is 1. The molecule has 0 spiro atoms. The van der Waals surface area contributed by atoms with E-state index in [1.807, 2.05) is 0 Å². The lowest BCUT2D eigenvalue weighted by Gasteiger charge is -2.39. The number of phenolic OH excluding ortho intramolecular Hbond substituents is 2. The van der Waals surface area contributed by atoms with E-state index in [2.05, 4.69) is 0 Å². The molecule has 1 aromatic carbocycles. The average molecular weight is 471 g/mol. The van der Waals surface area contributed by atoms with Crippen molar-refractivity contribution in [2.24, 2.45) is 0 Å². The van der Waals surface area contributed by atoms with Gasteiger partial charge in [-0.2, -0.15) is 57.1 Å². The Balaban J connectivity index is 3.44. The van der Waals surface area contributed by atoms with Crippen LogP contribution in [0.1, 0.15) is 0 Å². The van der Waals surface area contributed by atoms with Gasteiger partial charge in [-0.1, -0.05) is 6.07 Å². The molecule has 0 aliphatic heterocycles. The number of para-hydroxylation sites is 1. The van der Waals surface area contributed by atoms with Crippen molar-refractivity contribution in [3.63, 3.8) is 0 Å². The Morgan fingerprint density at radius 2 is 1.13 bits per heavy atom. The van der Waals surface area contributed by atoms with Crippen molar-refractivity contribution < 1.29 is 72.1 Å². The minimum Gasteiger partial charge on any atom is -0.504 e. The lowest BCUT2D eigenvalue weighted by molar-refractivity contribution is -0.435. The molecule has 0 radical (unpaired) electrons. The molecule has 0 saturated carbocycles. The summed E-state index contributed by atoms with van der Waals surface area (Å²) in [5, 5.41) is 18.9. The minimum absolute atomic E-state index is 0.408. The molecule has 0 aliphatic carbocycles. The smallest absolute Gasteiger partial charge is 0.460 e. The number of amides is 1. The Labute approximate surface area is 155 Å². The fourth-order valence-corrected chi connectivity index (χ4v) is 1.75. The number of carbonyl (C=O) groups is 1. The summed E-state index contributed by atoms with van der Waals surface area (Å²) in [7, 11) is 0. The summed E-state index contributed by atoms with van der Waals surface area (Å²) in [5.74, 6) is -45.3. The fraction of sp³-hybridized carbons (Fsp3) is 0.462. The van der Waals surface area contributed by atoms with Crippen molar-refractivity contribution in [1.29, 1.82) is 0 Å².